The molecular formula is C17H24N4. The van der Waals surface area contributed by atoms with Crippen molar-refractivity contribution in [2.45, 2.75) is 37.8 Å². The molecule has 0 saturated carbocycles. The topological polar surface area (TPSA) is 56.3 Å². The van der Waals surface area contributed by atoms with Gasteiger partial charge >= 0.3 is 0 Å². The maximum Gasteiger partial charge on any atom is 0.101 e. The number of anilines is 1. The summed E-state index contributed by atoms with van der Waals surface area (Å²) >= 11 is 0. The summed E-state index contributed by atoms with van der Waals surface area (Å²) in [6, 6.07) is 11.3. The van der Waals surface area contributed by atoms with Crippen LogP contribution in [0.5, 0.6) is 0 Å². The van der Waals surface area contributed by atoms with Gasteiger partial charge in [-0.05, 0) is 44.4 Å². The van der Waals surface area contributed by atoms with Crippen LogP contribution in [0.3, 0.4) is 0 Å². The fraction of sp³-hybridized carbons (Fsp3) is 0.588. The third-order valence-electron chi connectivity index (χ3n) is 4.84. The van der Waals surface area contributed by atoms with Crippen molar-refractivity contribution in [1.82, 2.24) is 4.90 Å². The summed E-state index contributed by atoms with van der Waals surface area (Å²) in [5, 5.41) is 9.24. The molecule has 2 aliphatic rings. The first kappa shape index (κ1) is 14.4. The second kappa shape index (κ2) is 6.46. The molecule has 1 unspecified atom stereocenters. The van der Waals surface area contributed by atoms with Gasteiger partial charge in [0.1, 0.15) is 6.07 Å². The van der Waals surface area contributed by atoms with Gasteiger partial charge in [-0.25, -0.2) is 0 Å². The Morgan fingerprint density at radius 3 is 2.57 bits per heavy atom. The molecule has 0 spiro atoms. The molecule has 2 N–H and O–H groups in total. The SMILES string of the molecule is N#Cc1ccccc1N1CCC(N2CCCC(N)C2)CC1. The normalized spacial score (nSPS) is 24.8. The highest BCUT2D eigenvalue weighted by atomic mass is 15.2. The van der Waals surface area contributed by atoms with Crippen LogP contribution in [-0.4, -0.2) is 43.2 Å². The van der Waals surface area contributed by atoms with Crippen LogP contribution in [0.1, 0.15) is 31.2 Å². The molecule has 3 rings (SSSR count). The lowest BCUT2D eigenvalue weighted by atomic mass is 9.97. The van der Waals surface area contributed by atoms with Crippen LogP contribution in [0.4, 0.5) is 5.69 Å². The van der Waals surface area contributed by atoms with E-state index >= 15 is 0 Å². The number of hydrogen-bond acceptors (Lipinski definition) is 4. The highest BCUT2D eigenvalue weighted by molar-refractivity contribution is 5.59. The van der Waals surface area contributed by atoms with E-state index in [2.05, 4.69) is 21.9 Å². The van der Waals surface area contributed by atoms with Crippen molar-refractivity contribution < 1.29 is 0 Å². The number of piperidine rings is 2. The molecule has 2 heterocycles. The smallest absolute Gasteiger partial charge is 0.101 e. The summed E-state index contributed by atoms with van der Waals surface area (Å²) in [6.07, 6.45) is 4.75. The van der Waals surface area contributed by atoms with E-state index in [9.17, 15) is 5.26 Å². The van der Waals surface area contributed by atoms with E-state index in [0.29, 0.717) is 12.1 Å². The predicted molar refractivity (Wildman–Crippen MR) is 85.2 cm³/mol. The second-order valence-electron chi connectivity index (χ2n) is 6.24. The molecule has 2 saturated heterocycles. The van der Waals surface area contributed by atoms with E-state index in [1.807, 2.05) is 18.2 Å². The van der Waals surface area contributed by atoms with Crippen molar-refractivity contribution in [3.05, 3.63) is 29.8 Å². The number of likely N-dealkylation sites (tertiary alicyclic amines) is 1. The Hall–Kier alpha value is -1.57. The van der Waals surface area contributed by atoms with Crippen LogP contribution in [0.2, 0.25) is 0 Å². The molecule has 0 amide bonds. The maximum absolute atomic E-state index is 9.24. The van der Waals surface area contributed by atoms with Gasteiger partial charge in [0.05, 0.1) is 11.3 Å². The van der Waals surface area contributed by atoms with Crippen LogP contribution in [0.15, 0.2) is 24.3 Å². The third-order valence-corrected chi connectivity index (χ3v) is 4.84. The van der Waals surface area contributed by atoms with Crippen molar-refractivity contribution in [1.29, 1.82) is 5.26 Å². The second-order valence-corrected chi connectivity index (χ2v) is 6.24. The van der Waals surface area contributed by atoms with Crippen molar-refractivity contribution in [2.24, 2.45) is 5.73 Å². The Labute approximate surface area is 127 Å². The Morgan fingerprint density at radius 2 is 1.86 bits per heavy atom. The van der Waals surface area contributed by atoms with Crippen molar-refractivity contribution >= 4 is 5.69 Å². The first-order valence-electron chi connectivity index (χ1n) is 8.01. The number of nitriles is 1. The summed E-state index contributed by atoms with van der Waals surface area (Å²) in [7, 11) is 0. The number of rotatable bonds is 2. The number of nitrogens with two attached hydrogens (primary N) is 1. The van der Waals surface area contributed by atoms with Gasteiger partial charge in [-0.2, -0.15) is 5.26 Å². The largest absolute Gasteiger partial charge is 0.370 e. The minimum absolute atomic E-state index is 0.357. The molecule has 2 fully saturated rings. The summed E-state index contributed by atoms with van der Waals surface area (Å²) in [5.41, 5.74) is 7.98. The van der Waals surface area contributed by atoms with Crippen LogP contribution < -0.4 is 10.6 Å². The van der Waals surface area contributed by atoms with Crippen molar-refractivity contribution in [3.63, 3.8) is 0 Å². The lowest BCUT2D eigenvalue weighted by Crippen LogP contribution is -2.51. The lowest BCUT2D eigenvalue weighted by molar-refractivity contribution is 0.129. The standard InChI is InChI=1S/C17H24N4/c18-12-14-4-1-2-6-17(14)20-10-7-16(8-11-20)21-9-3-5-15(19)13-21/h1-2,4,6,15-16H,3,5,7-11,13,19H2. The quantitative estimate of drug-likeness (QED) is 0.902. The van der Waals surface area contributed by atoms with E-state index < -0.39 is 0 Å². The number of para-hydroxylation sites is 1. The van der Waals surface area contributed by atoms with Gasteiger partial charge in [0.15, 0.2) is 0 Å². The fourth-order valence-corrected chi connectivity index (χ4v) is 3.69. The van der Waals surface area contributed by atoms with Gasteiger partial charge in [-0.15, -0.1) is 0 Å². The molecule has 0 radical (unpaired) electrons. The molecule has 4 nitrogen and oxygen atoms in total. The van der Waals surface area contributed by atoms with E-state index in [1.54, 1.807) is 0 Å². The third kappa shape index (κ3) is 3.20. The van der Waals surface area contributed by atoms with Gasteiger partial charge < -0.3 is 10.6 Å². The molecule has 21 heavy (non-hydrogen) atoms. The molecular weight excluding hydrogens is 260 g/mol. The molecule has 1 aromatic rings. The molecule has 1 aromatic carbocycles. The van der Waals surface area contributed by atoms with Crippen molar-refractivity contribution in [3.8, 4) is 6.07 Å². The Kier molecular flexibility index (Phi) is 4.42. The number of hydrogen-bond donors (Lipinski definition) is 1. The zero-order valence-corrected chi connectivity index (χ0v) is 12.5. The summed E-state index contributed by atoms with van der Waals surface area (Å²) in [5.74, 6) is 0. The van der Waals surface area contributed by atoms with Gasteiger partial charge in [0.25, 0.3) is 0 Å². The first-order chi connectivity index (χ1) is 10.3. The molecule has 1 atom stereocenters. The minimum atomic E-state index is 0.357. The molecule has 112 valence electrons. The fourth-order valence-electron chi connectivity index (χ4n) is 3.69. The number of nitrogens with zero attached hydrogens (tertiary/aromatic N) is 3. The van der Waals surface area contributed by atoms with E-state index in [-0.39, 0.29) is 0 Å². The van der Waals surface area contributed by atoms with Crippen LogP contribution >= 0.6 is 0 Å². The van der Waals surface area contributed by atoms with Gasteiger partial charge in [-0.1, -0.05) is 12.1 Å². The lowest BCUT2D eigenvalue weighted by Gasteiger charge is -2.42. The average molecular weight is 284 g/mol. The van der Waals surface area contributed by atoms with E-state index in [0.717, 1.165) is 30.9 Å². The highest BCUT2D eigenvalue weighted by Gasteiger charge is 2.28. The first-order valence-corrected chi connectivity index (χ1v) is 8.01. The zero-order valence-electron chi connectivity index (χ0n) is 12.5. The Balaban J connectivity index is 1.61. The monoisotopic (exact) mass is 284 g/mol. The average Bonchev–Trinajstić information content (AvgIpc) is 2.55. The molecule has 2 aliphatic heterocycles. The minimum Gasteiger partial charge on any atom is -0.370 e. The molecule has 0 bridgehead atoms. The van der Waals surface area contributed by atoms with Crippen molar-refractivity contribution in [2.75, 3.05) is 31.1 Å². The molecule has 4 heteroatoms. The molecule has 0 aliphatic carbocycles. The number of benzene rings is 1. The van der Waals surface area contributed by atoms with Gasteiger partial charge in [-0.3, -0.25) is 4.90 Å². The molecule has 0 aromatic heterocycles. The highest BCUT2D eigenvalue weighted by Crippen LogP contribution is 2.26. The predicted octanol–water partition coefficient (Wildman–Crippen LogP) is 1.95. The summed E-state index contributed by atoms with van der Waals surface area (Å²) < 4.78 is 0. The van der Waals surface area contributed by atoms with Crippen LogP contribution in [-0.2, 0) is 0 Å². The van der Waals surface area contributed by atoms with E-state index in [1.165, 1.54) is 32.2 Å². The van der Waals surface area contributed by atoms with Crippen LogP contribution in [0.25, 0.3) is 0 Å². The van der Waals surface area contributed by atoms with Gasteiger partial charge in [0, 0.05) is 31.7 Å². The summed E-state index contributed by atoms with van der Waals surface area (Å²) in [4.78, 5) is 4.95. The maximum atomic E-state index is 9.24. The van der Waals surface area contributed by atoms with E-state index in [4.69, 9.17) is 5.73 Å². The Bertz CT molecular complexity index is 514. The van der Waals surface area contributed by atoms with Crippen LogP contribution in [0, 0.1) is 11.3 Å². The van der Waals surface area contributed by atoms with Gasteiger partial charge in [0.2, 0.25) is 0 Å². The Morgan fingerprint density at radius 1 is 1.10 bits per heavy atom. The zero-order chi connectivity index (χ0) is 14.7. The summed E-state index contributed by atoms with van der Waals surface area (Å²) in [6.45, 7) is 4.33.